The molecule has 18 heavy (non-hydrogen) atoms. The van der Waals surface area contributed by atoms with E-state index in [-0.39, 0.29) is 23.1 Å². The summed E-state index contributed by atoms with van der Waals surface area (Å²) in [5.74, 6) is -0.266. The van der Waals surface area contributed by atoms with E-state index in [1.807, 2.05) is 24.4 Å². The fraction of sp³-hybridized carbons (Fsp3) is 0.231. The van der Waals surface area contributed by atoms with Crippen LogP contribution >= 0.6 is 11.3 Å². The molecule has 0 aliphatic rings. The van der Waals surface area contributed by atoms with Gasteiger partial charge in [0.15, 0.2) is 0 Å². The Kier molecular flexibility index (Phi) is 3.62. The molecule has 0 aliphatic heterocycles. The van der Waals surface area contributed by atoms with Crippen molar-refractivity contribution in [2.24, 2.45) is 0 Å². The number of hydrogen-bond donors (Lipinski definition) is 1. The van der Waals surface area contributed by atoms with Gasteiger partial charge < -0.3 is 9.88 Å². The fourth-order valence-electron chi connectivity index (χ4n) is 1.68. The number of nitrogens with zero attached hydrogens (tertiary/aromatic N) is 1. The monoisotopic (exact) mass is 262 g/mol. The molecule has 2 heterocycles. The van der Waals surface area contributed by atoms with Crippen molar-refractivity contribution in [3.8, 4) is 0 Å². The van der Waals surface area contributed by atoms with E-state index >= 15 is 0 Å². The van der Waals surface area contributed by atoms with Gasteiger partial charge in [-0.15, -0.1) is 11.3 Å². The summed E-state index contributed by atoms with van der Waals surface area (Å²) in [5.41, 5.74) is -0.184. The van der Waals surface area contributed by atoms with Crippen molar-refractivity contribution in [2.75, 3.05) is 7.05 Å². The van der Waals surface area contributed by atoms with Crippen LogP contribution in [0.4, 0.5) is 0 Å². The Morgan fingerprint density at radius 1 is 1.39 bits per heavy atom. The van der Waals surface area contributed by atoms with Gasteiger partial charge in [0.2, 0.25) is 0 Å². The second-order valence-electron chi connectivity index (χ2n) is 4.02. The molecule has 2 aromatic heterocycles. The third-order valence-corrected chi connectivity index (χ3v) is 3.95. The maximum absolute atomic E-state index is 12.2. The van der Waals surface area contributed by atoms with Crippen LogP contribution in [0, 0.1) is 0 Å². The molecule has 1 atom stereocenters. The average molecular weight is 262 g/mol. The van der Waals surface area contributed by atoms with Crippen molar-refractivity contribution in [3.63, 3.8) is 0 Å². The van der Waals surface area contributed by atoms with Gasteiger partial charge in [0.1, 0.15) is 5.56 Å². The van der Waals surface area contributed by atoms with E-state index in [9.17, 15) is 9.59 Å². The van der Waals surface area contributed by atoms with E-state index in [4.69, 9.17) is 0 Å². The van der Waals surface area contributed by atoms with Gasteiger partial charge in [0.05, 0.1) is 6.04 Å². The first-order chi connectivity index (χ1) is 8.61. The van der Waals surface area contributed by atoms with Crippen LogP contribution in [0.1, 0.15) is 28.2 Å². The summed E-state index contributed by atoms with van der Waals surface area (Å²) >= 11 is 1.60. The Hall–Kier alpha value is -1.88. The number of nitrogens with one attached hydrogen (secondary N) is 1. The first kappa shape index (κ1) is 12.6. The van der Waals surface area contributed by atoms with E-state index in [1.54, 1.807) is 35.4 Å². The summed E-state index contributed by atoms with van der Waals surface area (Å²) in [6.07, 6.45) is 1.52. The highest BCUT2D eigenvalue weighted by Crippen LogP contribution is 2.24. The van der Waals surface area contributed by atoms with E-state index in [2.05, 4.69) is 4.98 Å². The van der Waals surface area contributed by atoms with Crippen molar-refractivity contribution in [2.45, 2.75) is 13.0 Å². The second-order valence-corrected chi connectivity index (χ2v) is 5.00. The third kappa shape index (κ3) is 2.36. The Morgan fingerprint density at radius 3 is 2.78 bits per heavy atom. The number of hydrogen-bond acceptors (Lipinski definition) is 3. The zero-order valence-electron chi connectivity index (χ0n) is 10.2. The molecule has 94 valence electrons. The number of pyridine rings is 1. The summed E-state index contributed by atoms with van der Waals surface area (Å²) < 4.78 is 0. The highest BCUT2D eigenvalue weighted by molar-refractivity contribution is 7.10. The Balaban J connectivity index is 2.25. The quantitative estimate of drug-likeness (QED) is 0.922. The molecule has 1 N–H and O–H groups in total. The van der Waals surface area contributed by atoms with Gasteiger partial charge in [0.25, 0.3) is 11.5 Å². The molecule has 0 spiro atoms. The van der Waals surface area contributed by atoms with Crippen LogP contribution < -0.4 is 5.56 Å². The van der Waals surface area contributed by atoms with Gasteiger partial charge in [-0.25, -0.2) is 0 Å². The molecule has 2 aromatic rings. The van der Waals surface area contributed by atoms with E-state index < -0.39 is 0 Å². The number of H-pyrrole nitrogens is 1. The second kappa shape index (κ2) is 5.18. The molecule has 0 saturated carbocycles. The van der Waals surface area contributed by atoms with Crippen molar-refractivity contribution < 1.29 is 4.79 Å². The number of aromatic amines is 1. The van der Waals surface area contributed by atoms with Crippen LogP contribution in [0.15, 0.2) is 40.6 Å². The zero-order chi connectivity index (χ0) is 13.1. The minimum absolute atomic E-state index is 0.0443. The summed E-state index contributed by atoms with van der Waals surface area (Å²) in [7, 11) is 1.71. The Labute approximate surface area is 109 Å². The van der Waals surface area contributed by atoms with Gasteiger partial charge in [-0.05, 0) is 30.5 Å². The van der Waals surface area contributed by atoms with E-state index in [1.165, 1.54) is 6.20 Å². The predicted octanol–water partition coefficient (Wildman–Crippen LogP) is 2.27. The highest BCUT2D eigenvalue weighted by Gasteiger charge is 2.21. The lowest BCUT2D eigenvalue weighted by molar-refractivity contribution is 0.0743. The molecule has 4 nitrogen and oxygen atoms in total. The summed E-state index contributed by atoms with van der Waals surface area (Å²) in [6, 6.07) is 7.08. The number of carbonyl (C=O) groups is 1. The van der Waals surface area contributed by atoms with E-state index in [0.29, 0.717) is 0 Å². The average Bonchev–Trinajstić information content (AvgIpc) is 2.90. The van der Waals surface area contributed by atoms with E-state index in [0.717, 1.165) is 4.88 Å². The third-order valence-electron chi connectivity index (χ3n) is 2.90. The van der Waals surface area contributed by atoms with Crippen LogP contribution in [-0.2, 0) is 0 Å². The lowest BCUT2D eigenvalue weighted by Gasteiger charge is -2.23. The Bertz CT molecular complexity index is 589. The number of amides is 1. The molecular weight excluding hydrogens is 248 g/mol. The zero-order valence-corrected chi connectivity index (χ0v) is 11.0. The molecule has 2 rings (SSSR count). The molecule has 0 aliphatic carbocycles. The summed E-state index contributed by atoms with van der Waals surface area (Å²) in [5, 5.41) is 1.97. The molecule has 0 bridgehead atoms. The molecule has 0 saturated heterocycles. The standard InChI is InChI=1S/C13H14N2O2S/c1-9(11-6-4-8-18-11)15(2)13(17)10-5-3-7-14-12(10)16/h3-9H,1-2H3,(H,14,16). The molecule has 5 heteroatoms. The Morgan fingerprint density at radius 2 is 2.17 bits per heavy atom. The molecule has 1 amide bonds. The smallest absolute Gasteiger partial charge is 0.260 e. The van der Waals surface area contributed by atoms with Crippen molar-refractivity contribution >= 4 is 17.2 Å². The molecule has 0 fully saturated rings. The normalized spacial score (nSPS) is 12.1. The number of rotatable bonds is 3. The number of aromatic nitrogens is 1. The minimum Gasteiger partial charge on any atom is -0.334 e. The van der Waals surface area contributed by atoms with Crippen molar-refractivity contribution in [1.82, 2.24) is 9.88 Å². The lowest BCUT2D eigenvalue weighted by atomic mass is 10.2. The van der Waals surface area contributed by atoms with Gasteiger partial charge in [-0.1, -0.05) is 6.07 Å². The van der Waals surface area contributed by atoms with Crippen LogP contribution in [0.5, 0.6) is 0 Å². The molecule has 1 unspecified atom stereocenters. The number of thiophene rings is 1. The lowest BCUT2D eigenvalue weighted by Crippen LogP contribution is -2.33. The molecule has 0 radical (unpaired) electrons. The minimum atomic E-state index is -0.354. The fourth-order valence-corrected chi connectivity index (χ4v) is 2.50. The molecular formula is C13H14N2O2S. The van der Waals surface area contributed by atoms with Gasteiger partial charge in [-0.3, -0.25) is 9.59 Å². The topological polar surface area (TPSA) is 53.2 Å². The maximum Gasteiger partial charge on any atom is 0.260 e. The van der Waals surface area contributed by atoms with Crippen LogP contribution in [0.3, 0.4) is 0 Å². The van der Waals surface area contributed by atoms with Crippen LogP contribution in [0.2, 0.25) is 0 Å². The largest absolute Gasteiger partial charge is 0.334 e. The first-order valence-corrected chi connectivity index (χ1v) is 6.47. The summed E-state index contributed by atoms with van der Waals surface area (Å²) in [4.78, 5) is 29.0. The van der Waals surface area contributed by atoms with Crippen LogP contribution in [0.25, 0.3) is 0 Å². The highest BCUT2D eigenvalue weighted by atomic mass is 32.1. The van der Waals surface area contributed by atoms with Gasteiger partial charge in [-0.2, -0.15) is 0 Å². The van der Waals surface area contributed by atoms with Gasteiger partial charge in [0, 0.05) is 18.1 Å². The van der Waals surface area contributed by atoms with Crippen molar-refractivity contribution in [1.29, 1.82) is 0 Å². The maximum atomic E-state index is 12.2. The SMILES string of the molecule is CC(c1cccs1)N(C)C(=O)c1ccc[nH]c1=O. The first-order valence-electron chi connectivity index (χ1n) is 5.59. The molecule has 0 aromatic carbocycles. The van der Waals surface area contributed by atoms with Crippen LogP contribution in [-0.4, -0.2) is 22.8 Å². The van der Waals surface area contributed by atoms with Gasteiger partial charge >= 0.3 is 0 Å². The number of carbonyl (C=O) groups excluding carboxylic acids is 1. The summed E-state index contributed by atoms with van der Waals surface area (Å²) in [6.45, 7) is 1.95. The van der Waals surface area contributed by atoms with Crippen molar-refractivity contribution in [3.05, 3.63) is 56.6 Å². The predicted molar refractivity (Wildman–Crippen MR) is 71.9 cm³/mol.